The Balaban J connectivity index is 2.19. The largest absolute Gasteiger partial charge is 0.508 e. The lowest BCUT2D eigenvalue weighted by Gasteiger charge is -2.44. The second-order valence-electron chi connectivity index (χ2n) is 6.92. The Bertz CT molecular complexity index is 672. The standard InChI is InChI=1S/C19H22OS/c1-13-5-10-16-17(11-13)21-18(2,3)12-19(16,4)14-6-8-15(20)9-7-14/h5-11,20H,12H2,1-4H3. The van der Waals surface area contributed by atoms with Crippen molar-refractivity contribution in [3.05, 3.63) is 59.2 Å². The molecule has 0 fully saturated rings. The van der Waals surface area contributed by atoms with Gasteiger partial charge in [0.1, 0.15) is 5.75 Å². The molecule has 1 unspecified atom stereocenters. The molecule has 3 rings (SSSR count). The van der Waals surface area contributed by atoms with Crippen LogP contribution >= 0.6 is 11.8 Å². The number of rotatable bonds is 1. The van der Waals surface area contributed by atoms with E-state index in [1.165, 1.54) is 21.6 Å². The summed E-state index contributed by atoms with van der Waals surface area (Å²) in [5.41, 5.74) is 3.99. The summed E-state index contributed by atoms with van der Waals surface area (Å²) in [5, 5.41) is 9.57. The molecule has 1 N–H and O–H groups in total. The number of phenolic OH excluding ortho intramolecular Hbond substituents is 1. The lowest BCUT2D eigenvalue weighted by atomic mass is 9.70. The van der Waals surface area contributed by atoms with Crippen molar-refractivity contribution in [3.8, 4) is 5.75 Å². The zero-order valence-electron chi connectivity index (χ0n) is 13.1. The van der Waals surface area contributed by atoms with Crippen LogP contribution in [-0.2, 0) is 5.41 Å². The van der Waals surface area contributed by atoms with Gasteiger partial charge in [-0.15, -0.1) is 11.8 Å². The lowest BCUT2D eigenvalue weighted by molar-refractivity contribution is 0.436. The van der Waals surface area contributed by atoms with E-state index in [4.69, 9.17) is 0 Å². The molecule has 2 heteroatoms. The van der Waals surface area contributed by atoms with E-state index < -0.39 is 0 Å². The van der Waals surface area contributed by atoms with E-state index in [9.17, 15) is 5.11 Å². The van der Waals surface area contributed by atoms with Crippen molar-refractivity contribution < 1.29 is 5.11 Å². The zero-order chi connectivity index (χ0) is 15.3. The third-order valence-electron chi connectivity index (χ3n) is 4.40. The molecule has 1 atom stereocenters. The van der Waals surface area contributed by atoms with E-state index in [2.05, 4.69) is 58.0 Å². The smallest absolute Gasteiger partial charge is 0.115 e. The minimum Gasteiger partial charge on any atom is -0.508 e. The van der Waals surface area contributed by atoms with Gasteiger partial charge in [-0.2, -0.15) is 0 Å². The molecular weight excluding hydrogens is 276 g/mol. The summed E-state index contributed by atoms with van der Waals surface area (Å²) in [6.07, 6.45) is 1.09. The van der Waals surface area contributed by atoms with E-state index in [1.807, 2.05) is 11.8 Å². The molecule has 0 spiro atoms. The molecule has 0 amide bonds. The Morgan fingerprint density at radius 3 is 2.33 bits per heavy atom. The third kappa shape index (κ3) is 2.57. The number of thioether (sulfide) groups is 1. The molecule has 0 radical (unpaired) electrons. The predicted octanol–water partition coefficient (Wildman–Crippen LogP) is 5.28. The molecule has 0 bridgehead atoms. The van der Waals surface area contributed by atoms with Crippen LogP contribution in [0, 0.1) is 6.92 Å². The highest BCUT2D eigenvalue weighted by molar-refractivity contribution is 8.00. The third-order valence-corrected chi connectivity index (χ3v) is 5.66. The topological polar surface area (TPSA) is 20.2 Å². The predicted molar refractivity (Wildman–Crippen MR) is 90.3 cm³/mol. The maximum atomic E-state index is 9.57. The van der Waals surface area contributed by atoms with E-state index >= 15 is 0 Å². The first kappa shape index (κ1) is 14.5. The van der Waals surface area contributed by atoms with E-state index in [0.29, 0.717) is 5.75 Å². The van der Waals surface area contributed by atoms with Crippen LogP contribution in [0.15, 0.2) is 47.4 Å². The highest BCUT2D eigenvalue weighted by Crippen LogP contribution is 2.53. The minimum atomic E-state index is -0.00845. The van der Waals surface area contributed by atoms with Gasteiger partial charge in [0, 0.05) is 15.1 Å². The second-order valence-corrected chi connectivity index (χ2v) is 8.67. The van der Waals surface area contributed by atoms with Gasteiger partial charge in [-0.05, 0) is 48.2 Å². The average Bonchev–Trinajstić information content (AvgIpc) is 2.37. The van der Waals surface area contributed by atoms with Crippen molar-refractivity contribution in [3.63, 3.8) is 0 Å². The number of phenols is 1. The highest BCUT2D eigenvalue weighted by atomic mass is 32.2. The van der Waals surface area contributed by atoms with E-state index in [0.717, 1.165) is 6.42 Å². The quantitative estimate of drug-likeness (QED) is 0.773. The summed E-state index contributed by atoms with van der Waals surface area (Å²) in [4.78, 5) is 1.39. The Kier molecular flexibility index (Phi) is 3.32. The molecule has 0 aliphatic carbocycles. The first-order valence-corrected chi connectivity index (χ1v) is 8.21. The number of hydrogen-bond acceptors (Lipinski definition) is 2. The Morgan fingerprint density at radius 2 is 1.67 bits per heavy atom. The summed E-state index contributed by atoms with van der Waals surface area (Å²) >= 11 is 1.98. The molecule has 1 nitrogen and oxygen atoms in total. The number of fused-ring (bicyclic) bond motifs is 1. The van der Waals surface area contributed by atoms with Crippen LogP contribution in [0.5, 0.6) is 5.75 Å². The fourth-order valence-corrected chi connectivity index (χ4v) is 5.14. The molecule has 0 saturated heterocycles. The SMILES string of the molecule is Cc1ccc2c(c1)SC(C)(C)CC2(C)c1ccc(O)cc1. The van der Waals surface area contributed by atoms with Crippen LogP contribution in [0.4, 0.5) is 0 Å². The summed E-state index contributed by atoms with van der Waals surface area (Å²) < 4.78 is 0.202. The van der Waals surface area contributed by atoms with Gasteiger partial charge in [0.25, 0.3) is 0 Å². The Morgan fingerprint density at radius 1 is 1.00 bits per heavy atom. The van der Waals surface area contributed by atoms with Crippen LogP contribution in [0.1, 0.15) is 43.9 Å². The minimum absolute atomic E-state index is 0.00845. The van der Waals surface area contributed by atoms with Crippen LogP contribution in [-0.4, -0.2) is 9.85 Å². The lowest BCUT2D eigenvalue weighted by Crippen LogP contribution is -2.36. The normalized spacial score (nSPS) is 23.6. The van der Waals surface area contributed by atoms with Crippen molar-refractivity contribution >= 4 is 11.8 Å². The van der Waals surface area contributed by atoms with Crippen LogP contribution < -0.4 is 0 Å². The van der Waals surface area contributed by atoms with E-state index in [1.54, 1.807) is 12.1 Å². The molecule has 21 heavy (non-hydrogen) atoms. The van der Waals surface area contributed by atoms with Crippen molar-refractivity contribution in [1.29, 1.82) is 0 Å². The van der Waals surface area contributed by atoms with Gasteiger partial charge in [-0.25, -0.2) is 0 Å². The molecule has 2 aromatic carbocycles. The number of aromatic hydroxyl groups is 1. The van der Waals surface area contributed by atoms with Crippen LogP contribution in [0.2, 0.25) is 0 Å². The molecule has 110 valence electrons. The van der Waals surface area contributed by atoms with Gasteiger partial charge in [-0.3, -0.25) is 0 Å². The Labute approximate surface area is 131 Å². The monoisotopic (exact) mass is 298 g/mol. The molecular formula is C19H22OS. The maximum absolute atomic E-state index is 9.57. The fourth-order valence-electron chi connectivity index (χ4n) is 3.54. The average molecular weight is 298 g/mol. The molecule has 0 saturated carbocycles. The van der Waals surface area contributed by atoms with Gasteiger partial charge in [0.15, 0.2) is 0 Å². The van der Waals surface area contributed by atoms with E-state index in [-0.39, 0.29) is 10.2 Å². The molecule has 2 aromatic rings. The molecule has 0 aromatic heterocycles. The first-order chi connectivity index (χ1) is 9.80. The van der Waals surface area contributed by atoms with Gasteiger partial charge in [-0.1, -0.05) is 45.0 Å². The number of hydrogen-bond donors (Lipinski definition) is 1. The summed E-state index contributed by atoms with van der Waals surface area (Å²) in [5.74, 6) is 0.330. The second kappa shape index (κ2) is 4.81. The number of aryl methyl sites for hydroxylation is 1. The summed E-state index contributed by atoms with van der Waals surface area (Å²) in [6.45, 7) is 9.12. The summed E-state index contributed by atoms with van der Waals surface area (Å²) in [6, 6.07) is 14.5. The van der Waals surface area contributed by atoms with Gasteiger partial charge < -0.3 is 5.11 Å². The first-order valence-electron chi connectivity index (χ1n) is 7.40. The zero-order valence-corrected chi connectivity index (χ0v) is 13.9. The van der Waals surface area contributed by atoms with Crippen molar-refractivity contribution in [2.24, 2.45) is 0 Å². The molecule has 1 aliphatic heterocycles. The van der Waals surface area contributed by atoms with Gasteiger partial charge in [0.05, 0.1) is 0 Å². The van der Waals surface area contributed by atoms with Crippen LogP contribution in [0.25, 0.3) is 0 Å². The molecule has 1 heterocycles. The van der Waals surface area contributed by atoms with Crippen molar-refractivity contribution in [2.45, 2.75) is 49.2 Å². The summed E-state index contributed by atoms with van der Waals surface area (Å²) in [7, 11) is 0. The van der Waals surface area contributed by atoms with Crippen molar-refractivity contribution in [1.82, 2.24) is 0 Å². The fraction of sp³-hybridized carbons (Fsp3) is 0.368. The highest BCUT2D eigenvalue weighted by Gasteiger charge is 2.42. The maximum Gasteiger partial charge on any atom is 0.115 e. The van der Waals surface area contributed by atoms with Crippen molar-refractivity contribution in [2.75, 3.05) is 0 Å². The molecule has 1 aliphatic rings. The number of benzene rings is 2. The Hall–Kier alpha value is -1.41. The van der Waals surface area contributed by atoms with Gasteiger partial charge in [0.2, 0.25) is 0 Å². The van der Waals surface area contributed by atoms with Gasteiger partial charge >= 0.3 is 0 Å². The van der Waals surface area contributed by atoms with Crippen LogP contribution in [0.3, 0.4) is 0 Å².